The Bertz CT molecular complexity index is 1840. The van der Waals surface area contributed by atoms with Crippen molar-refractivity contribution in [3.63, 3.8) is 0 Å². The Morgan fingerprint density at radius 2 is 1.89 bits per heavy atom. The molecule has 3 N–H and O–H groups in total. The van der Waals surface area contributed by atoms with Gasteiger partial charge in [-0.2, -0.15) is 9.97 Å². The maximum Gasteiger partial charge on any atom is 0.319 e. The molecule has 2 aromatic heterocycles. The van der Waals surface area contributed by atoms with Crippen LogP contribution >= 0.6 is 0 Å². The third-order valence-electron chi connectivity index (χ3n) is 10.8. The monoisotopic (exact) mass is 609 g/mol. The van der Waals surface area contributed by atoms with Crippen molar-refractivity contribution in [2.45, 2.75) is 68.0 Å². The summed E-state index contributed by atoms with van der Waals surface area (Å²) in [5.74, 6) is 2.45. The van der Waals surface area contributed by atoms with Gasteiger partial charge in [0.05, 0.1) is 35.3 Å². The molecule has 1 saturated carbocycles. The van der Waals surface area contributed by atoms with Crippen LogP contribution in [0.25, 0.3) is 32.9 Å². The number of halogens is 1. The van der Waals surface area contributed by atoms with Gasteiger partial charge < -0.3 is 25.0 Å². The normalized spacial score (nSPS) is 25.4. The average Bonchev–Trinajstić information content (AvgIpc) is 3.65. The first kappa shape index (κ1) is 28.4. The molecule has 10 heteroatoms. The molecule has 232 valence electrons. The third-order valence-corrected chi connectivity index (χ3v) is 10.8. The maximum absolute atomic E-state index is 16.8. The van der Waals surface area contributed by atoms with Gasteiger partial charge >= 0.3 is 6.01 Å². The lowest BCUT2D eigenvalue weighted by Gasteiger charge is -2.52. The first-order valence-electron chi connectivity index (χ1n) is 15.9. The van der Waals surface area contributed by atoms with Gasteiger partial charge in [-0.25, -0.2) is 4.39 Å². The number of phenols is 1. The number of aliphatic hydroxyl groups is 1. The highest BCUT2D eigenvalue weighted by Crippen LogP contribution is 2.46. The Morgan fingerprint density at radius 3 is 2.60 bits per heavy atom. The minimum Gasteiger partial charge on any atom is -0.508 e. The summed E-state index contributed by atoms with van der Waals surface area (Å²) in [6.07, 6.45) is 14.8. The van der Waals surface area contributed by atoms with E-state index >= 15 is 4.39 Å². The van der Waals surface area contributed by atoms with Crippen LogP contribution in [0.3, 0.4) is 0 Å². The number of aliphatic hydroxyl groups excluding tert-OH is 1. The Kier molecular flexibility index (Phi) is 6.64. The summed E-state index contributed by atoms with van der Waals surface area (Å²) in [4.78, 5) is 16.5. The van der Waals surface area contributed by atoms with Gasteiger partial charge in [0.25, 0.3) is 0 Å². The molecule has 1 aliphatic carbocycles. The molecule has 5 aliphatic rings. The van der Waals surface area contributed by atoms with Crippen LogP contribution in [0.5, 0.6) is 11.8 Å². The van der Waals surface area contributed by atoms with Gasteiger partial charge in [0, 0.05) is 22.7 Å². The van der Waals surface area contributed by atoms with E-state index in [0.717, 1.165) is 64.5 Å². The van der Waals surface area contributed by atoms with Gasteiger partial charge in [0.2, 0.25) is 0 Å². The molecule has 4 aliphatic heterocycles. The number of nitrogens with one attached hydrogen (secondary N) is 1. The number of aromatic nitrogens is 3. The van der Waals surface area contributed by atoms with Crippen LogP contribution in [0.1, 0.15) is 56.9 Å². The highest BCUT2D eigenvalue weighted by molar-refractivity contribution is 6.02. The Labute approximate surface area is 260 Å². The molecule has 0 radical (unpaired) electrons. The first-order chi connectivity index (χ1) is 21.9. The van der Waals surface area contributed by atoms with Crippen LogP contribution in [0.4, 0.5) is 10.2 Å². The van der Waals surface area contributed by atoms with Crippen LogP contribution in [0.15, 0.2) is 36.5 Å². The van der Waals surface area contributed by atoms with Crippen molar-refractivity contribution in [3.05, 3.63) is 47.9 Å². The number of rotatable bonds is 7. The molecule has 4 aromatic rings. The number of benzene rings is 2. The van der Waals surface area contributed by atoms with Crippen LogP contribution in [-0.4, -0.2) is 79.7 Å². The predicted octanol–water partition coefficient (Wildman–Crippen LogP) is 5.16. The van der Waals surface area contributed by atoms with Crippen molar-refractivity contribution in [2.75, 3.05) is 38.2 Å². The van der Waals surface area contributed by atoms with Crippen LogP contribution in [0, 0.1) is 18.2 Å². The predicted molar refractivity (Wildman–Crippen MR) is 169 cm³/mol. The number of nitrogens with zero attached hydrogens (tertiary/aromatic N) is 4. The molecule has 6 heterocycles. The fourth-order valence-electron chi connectivity index (χ4n) is 8.14. The number of fused-ring (bicyclic) bond motifs is 6. The third kappa shape index (κ3) is 4.59. The molecule has 0 spiro atoms. The van der Waals surface area contributed by atoms with Gasteiger partial charge in [0.1, 0.15) is 29.4 Å². The molecular formula is C35H36FN5O4. The zero-order chi connectivity index (χ0) is 30.8. The summed E-state index contributed by atoms with van der Waals surface area (Å²) in [5.41, 5.74) is 0.121. The van der Waals surface area contributed by atoms with Crippen molar-refractivity contribution in [1.82, 2.24) is 19.9 Å². The number of ether oxygens (including phenoxy) is 2. The van der Waals surface area contributed by atoms with E-state index in [0.29, 0.717) is 46.3 Å². The SMILES string of the molecule is C#Cc1cccc2cc(O)cc(-c3ncc4c(NC56CCC(CO)(CC5)OC6)nc(OCC56CCCN5CCC6)nc4c3F)c12. The summed E-state index contributed by atoms with van der Waals surface area (Å²) < 4.78 is 29.3. The Balaban J connectivity index is 1.24. The highest BCUT2D eigenvalue weighted by atomic mass is 19.1. The smallest absolute Gasteiger partial charge is 0.319 e. The number of phenolic OH excluding ortho intramolecular Hbond substituents is 1. The topological polar surface area (TPSA) is 113 Å². The molecule has 2 bridgehead atoms. The number of anilines is 1. The molecule has 4 saturated heterocycles. The summed E-state index contributed by atoms with van der Waals surface area (Å²) in [5, 5.41) is 25.8. The largest absolute Gasteiger partial charge is 0.508 e. The van der Waals surface area contributed by atoms with E-state index in [1.165, 1.54) is 6.07 Å². The van der Waals surface area contributed by atoms with E-state index in [2.05, 4.69) is 26.1 Å². The van der Waals surface area contributed by atoms with Crippen molar-refractivity contribution in [3.8, 4) is 35.4 Å². The molecule has 0 atom stereocenters. The van der Waals surface area contributed by atoms with E-state index in [-0.39, 0.29) is 35.1 Å². The second kappa shape index (κ2) is 10.5. The first-order valence-corrected chi connectivity index (χ1v) is 15.9. The van der Waals surface area contributed by atoms with Gasteiger partial charge in [-0.15, -0.1) is 6.42 Å². The second-order valence-electron chi connectivity index (χ2n) is 13.3. The summed E-state index contributed by atoms with van der Waals surface area (Å²) in [7, 11) is 0. The van der Waals surface area contributed by atoms with Gasteiger partial charge in [-0.05, 0) is 88.0 Å². The van der Waals surface area contributed by atoms with Gasteiger partial charge in [0.15, 0.2) is 5.82 Å². The van der Waals surface area contributed by atoms with E-state index in [1.54, 1.807) is 24.4 Å². The summed E-state index contributed by atoms with van der Waals surface area (Å²) in [6.45, 7) is 2.97. The number of hydrogen-bond acceptors (Lipinski definition) is 9. The molecule has 45 heavy (non-hydrogen) atoms. The fourth-order valence-corrected chi connectivity index (χ4v) is 8.14. The number of hydrogen-bond donors (Lipinski definition) is 3. The number of aromatic hydroxyl groups is 1. The minimum atomic E-state index is -0.650. The maximum atomic E-state index is 16.8. The molecule has 5 fully saturated rings. The van der Waals surface area contributed by atoms with Crippen molar-refractivity contribution in [2.24, 2.45) is 0 Å². The summed E-state index contributed by atoms with van der Waals surface area (Å²) in [6, 6.07) is 8.61. The quantitative estimate of drug-likeness (QED) is 0.245. The molecule has 0 unspecified atom stereocenters. The zero-order valence-corrected chi connectivity index (χ0v) is 25.1. The lowest BCUT2D eigenvalue weighted by atomic mass is 9.71. The van der Waals surface area contributed by atoms with E-state index < -0.39 is 17.0 Å². The van der Waals surface area contributed by atoms with Crippen LogP contribution in [-0.2, 0) is 4.74 Å². The number of terminal acetylenes is 1. The van der Waals surface area contributed by atoms with E-state index in [9.17, 15) is 10.2 Å². The number of pyridine rings is 1. The molecule has 0 amide bonds. The van der Waals surface area contributed by atoms with E-state index in [4.69, 9.17) is 20.9 Å². The lowest BCUT2D eigenvalue weighted by molar-refractivity contribution is -0.167. The molecule has 9 nitrogen and oxygen atoms in total. The second-order valence-corrected chi connectivity index (χ2v) is 13.3. The molecular weight excluding hydrogens is 573 g/mol. The van der Waals surface area contributed by atoms with Crippen molar-refractivity contribution >= 4 is 27.5 Å². The van der Waals surface area contributed by atoms with Crippen LogP contribution < -0.4 is 10.1 Å². The summed E-state index contributed by atoms with van der Waals surface area (Å²) >= 11 is 0. The van der Waals surface area contributed by atoms with Crippen molar-refractivity contribution < 1.29 is 24.1 Å². The Morgan fingerprint density at radius 1 is 1.09 bits per heavy atom. The Hall–Kier alpha value is -4.04. The van der Waals surface area contributed by atoms with Crippen molar-refractivity contribution in [1.29, 1.82) is 0 Å². The zero-order valence-electron chi connectivity index (χ0n) is 25.1. The molecule has 9 rings (SSSR count). The molecule has 2 aromatic carbocycles. The standard InChI is InChI=1S/C35H36FN5O4/c1-2-22-6-3-7-23-16-24(43)17-25(27(22)23)29-28(36)30-26(18-37-29)31(40-33-10-12-35(19-42,13-11-33)45-20-33)39-32(38-30)44-21-34-8-4-14-41(34)15-5-9-34/h1,3,6-7,16-18,42-43H,4-5,8-15,19-21H2,(H,38,39,40). The van der Waals surface area contributed by atoms with E-state index in [1.807, 2.05) is 6.07 Å². The highest BCUT2D eigenvalue weighted by Gasteiger charge is 2.50. The van der Waals surface area contributed by atoms with Crippen LogP contribution in [0.2, 0.25) is 0 Å². The minimum absolute atomic E-state index is 0.000700. The lowest BCUT2D eigenvalue weighted by Crippen LogP contribution is -2.60. The fraction of sp³-hybridized carbons (Fsp3) is 0.457. The van der Waals surface area contributed by atoms with Gasteiger partial charge in [-0.1, -0.05) is 18.1 Å². The van der Waals surface area contributed by atoms with Gasteiger partial charge in [-0.3, -0.25) is 9.88 Å². The average molecular weight is 610 g/mol.